The van der Waals surface area contributed by atoms with Crippen LogP contribution in [0.2, 0.25) is 0 Å². The van der Waals surface area contributed by atoms with E-state index in [0.29, 0.717) is 6.04 Å². The van der Waals surface area contributed by atoms with Crippen molar-refractivity contribution in [3.8, 4) is 0 Å². The maximum atomic E-state index is 5.59. The summed E-state index contributed by atoms with van der Waals surface area (Å²) < 4.78 is 0. The molecule has 1 atom stereocenters. The van der Waals surface area contributed by atoms with Gasteiger partial charge in [0.25, 0.3) is 0 Å². The fourth-order valence-electron chi connectivity index (χ4n) is 2.68. The predicted octanol–water partition coefficient (Wildman–Crippen LogP) is 1.85. The van der Waals surface area contributed by atoms with Gasteiger partial charge in [0.1, 0.15) is 0 Å². The average Bonchev–Trinajstić information content (AvgIpc) is 2.37. The summed E-state index contributed by atoms with van der Waals surface area (Å²) in [6.45, 7) is 9.80. The first-order chi connectivity index (χ1) is 8.70. The molecular formula is C15H25N3. The van der Waals surface area contributed by atoms with Gasteiger partial charge < -0.3 is 10.6 Å². The van der Waals surface area contributed by atoms with Gasteiger partial charge in [0.05, 0.1) is 0 Å². The first-order valence-corrected chi connectivity index (χ1v) is 6.96. The lowest BCUT2D eigenvalue weighted by Crippen LogP contribution is -2.52. The summed E-state index contributed by atoms with van der Waals surface area (Å²) in [5, 5.41) is 0. The maximum Gasteiger partial charge on any atom is 0.0369 e. The minimum absolute atomic E-state index is 0.616. The molecule has 0 radical (unpaired) electrons. The van der Waals surface area contributed by atoms with E-state index in [1.54, 1.807) is 0 Å². The number of nitrogens with zero attached hydrogens (tertiary/aromatic N) is 2. The van der Waals surface area contributed by atoms with Crippen LogP contribution < -0.4 is 10.6 Å². The molecule has 18 heavy (non-hydrogen) atoms. The highest BCUT2D eigenvalue weighted by atomic mass is 15.3. The molecular weight excluding hydrogens is 222 g/mol. The van der Waals surface area contributed by atoms with E-state index in [-0.39, 0.29) is 0 Å². The van der Waals surface area contributed by atoms with Crippen molar-refractivity contribution in [1.29, 1.82) is 0 Å². The Labute approximate surface area is 111 Å². The van der Waals surface area contributed by atoms with E-state index in [1.807, 2.05) is 0 Å². The van der Waals surface area contributed by atoms with Crippen molar-refractivity contribution in [2.75, 3.05) is 37.6 Å². The van der Waals surface area contributed by atoms with Crippen LogP contribution in [0.25, 0.3) is 0 Å². The standard InChI is InChI=1S/C15H25N3/c1-13-5-3-6-15(11-13)18-10-9-17(8-4-7-16)14(2)12-18/h3,5-6,11,14H,4,7-10,12,16H2,1-2H3/t14-/m1/s1. The SMILES string of the molecule is Cc1cccc(N2CCN(CCCN)[C@H](C)C2)c1. The summed E-state index contributed by atoms with van der Waals surface area (Å²) in [4.78, 5) is 5.05. The normalized spacial score (nSPS) is 21.3. The third kappa shape index (κ3) is 3.24. The lowest BCUT2D eigenvalue weighted by molar-refractivity contribution is 0.188. The van der Waals surface area contributed by atoms with Gasteiger partial charge in [-0.05, 0) is 51.1 Å². The first-order valence-electron chi connectivity index (χ1n) is 6.96. The summed E-state index contributed by atoms with van der Waals surface area (Å²) in [5.41, 5.74) is 8.29. The molecule has 0 bridgehead atoms. The maximum absolute atomic E-state index is 5.59. The van der Waals surface area contributed by atoms with Crippen LogP contribution in [-0.2, 0) is 0 Å². The summed E-state index contributed by atoms with van der Waals surface area (Å²) in [7, 11) is 0. The molecule has 3 heteroatoms. The Morgan fingerprint density at radius 2 is 2.17 bits per heavy atom. The Bertz CT molecular complexity index is 378. The molecule has 1 aliphatic heterocycles. The van der Waals surface area contributed by atoms with Gasteiger partial charge in [0.15, 0.2) is 0 Å². The second kappa shape index (κ2) is 6.21. The largest absolute Gasteiger partial charge is 0.369 e. The molecule has 0 unspecified atom stereocenters. The molecule has 0 spiro atoms. The second-order valence-corrected chi connectivity index (χ2v) is 5.31. The topological polar surface area (TPSA) is 32.5 Å². The predicted molar refractivity (Wildman–Crippen MR) is 78.1 cm³/mol. The molecule has 1 aromatic carbocycles. The van der Waals surface area contributed by atoms with Crippen molar-refractivity contribution >= 4 is 5.69 Å². The lowest BCUT2D eigenvalue weighted by Gasteiger charge is -2.41. The molecule has 3 nitrogen and oxygen atoms in total. The van der Waals surface area contributed by atoms with Crippen molar-refractivity contribution in [2.45, 2.75) is 26.3 Å². The lowest BCUT2D eigenvalue weighted by atomic mass is 10.1. The summed E-state index contributed by atoms with van der Waals surface area (Å²) >= 11 is 0. The van der Waals surface area contributed by atoms with Gasteiger partial charge in [-0.15, -0.1) is 0 Å². The smallest absolute Gasteiger partial charge is 0.0369 e. The number of hydrogen-bond donors (Lipinski definition) is 1. The Morgan fingerprint density at radius 1 is 1.33 bits per heavy atom. The van der Waals surface area contributed by atoms with E-state index in [9.17, 15) is 0 Å². The third-order valence-corrected chi connectivity index (χ3v) is 3.78. The van der Waals surface area contributed by atoms with Gasteiger partial charge in [0.2, 0.25) is 0 Å². The van der Waals surface area contributed by atoms with Gasteiger partial charge in [-0.2, -0.15) is 0 Å². The molecule has 1 aliphatic rings. The number of hydrogen-bond acceptors (Lipinski definition) is 3. The number of aryl methyl sites for hydroxylation is 1. The monoisotopic (exact) mass is 247 g/mol. The Balaban J connectivity index is 1.95. The van der Waals surface area contributed by atoms with Crippen LogP contribution >= 0.6 is 0 Å². The molecule has 0 saturated carbocycles. The number of anilines is 1. The van der Waals surface area contributed by atoms with E-state index in [2.05, 4.69) is 47.9 Å². The van der Waals surface area contributed by atoms with Gasteiger partial charge >= 0.3 is 0 Å². The van der Waals surface area contributed by atoms with Crippen LogP contribution in [0.1, 0.15) is 18.9 Å². The van der Waals surface area contributed by atoms with Gasteiger partial charge in [-0.25, -0.2) is 0 Å². The van der Waals surface area contributed by atoms with Crippen LogP contribution in [0.3, 0.4) is 0 Å². The van der Waals surface area contributed by atoms with Gasteiger partial charge in [-0.1, -0.05) is 12.1 Å². The molecule has 0 aliphatic carbocycles. The average molecular weight is 247 g/mol. The Hall–Kier alpha value is -1.06. The minimum Gasteiger partial charge on any atom is -0.369 e. The molecule has 1 saturated heterocycles. The highest BCUT2D eigenvalue weighted by molar-refractivity contribution is 5.49. The van der Waals surface area contributed by atoms with E-state index < -0.39 is 0 Å². The van der Waals surface area contributed by atoms with E-state index in [1.165, 1.54) is 11.3 Å². The molecule has 2 N–H and O–H groups in total. The summed E-state index contributed by atoms with van der Waals surface area (Å²) in [6, 6.07) is 9.42. The minimum atomic E-state index is 0.616. The molecule has 1 heterocycles. The van der Waals surface area contributed by atoms with Crippen molar-refractivity contribution < 1.29 is 0 Å². The quantitative estimate of drug-likeness (QED) is 0.881. The molecule has 100 valence electrons. The molecule has 1 aromatic rings. The van der Waals surface area contributed by atoms with Crippen LogP contribution in [0.15, 0.2) is 24.3 Å². The van der Waals surface area contributed by atoms with Crippen molar-refractivity contribution in [1.82, 2.24) is 4.90 Å². The zero-order valence-electron chi connectivity index (χ0n) is 11.6. The third-order valence-electron chi connectivity index (χ3n) is 3.78. The fourth-order valence-corrected chi connectivity index (χ4v) is 2.68. The van der Waals surface area contributed by atoms with Crippen LogP contribution in [0, 0.1) is 6.92 Å². The van der Waals surface area contributed by atoms with Crippen LogP contribution in [-0.4, -0.2) is 43.7 Å². The van der Waals surface area contributed by atoms with E-state index >= 15 is 0 Å². The Morgan fingerprint density at radius 3 is 2.83 bits per heavy atom. The number of piperazine rings is 1. The fraction of sp³-hybridized carbons (Fsp3) is 0.600. The van der Waals surface area contributed by atoms with Crippen LogP contribution in [0.5, 0.6) is 0 Å². The second-order valence-electron chi connectivity index (χ2n) is 5.31. The molecule has 0 aromatic heterocycles. The highest BCUT2D eigenvalue weighted by Crippen LogP contribution is 2.20. The highest BCUT2D eigenvalue weighted by Gasteiger charge is 2.23. The van der Waals surface area contributed by atoms with E-state index in [4.69, 9.17) is 5.73 Å². The molecule has 2 rings (SSSR count). The number of benzene rings is 1. The van der Waals surface area contributed by atoms with Crippen molar-refractivity contribution in [3.05, 3.63) is 29.8 Å². The van der Waals surface area contributed by atoms with Crippen molar-refractivity contribution in [2.24, 2.45) is 5.73 Å². The zero-order chi connectivity index (χ0) is 13.0. The number of rotatable bonds is 4. The molecule has 1 fully saturated rings. The first kappa shape index (κ1) is 13.4. The van der Waals surface area contributed by atoms with Crippen molar-refractivity contribution in [3.63, 3.8) is 0 Å². The van der Waals surface area contributed by atoms with Crippen LogP contribution in [0.4, 0.5) is 5.69 Å². The zero-order valence-corrected chi connectivity index (χ0v) is 11.6. The van der Waals surface area contributed by atoms with Gasteiger partial charge in [-0.3, -0.25) is 4.90 Å². The summed E-state index contributed by atoms with van der Waals surface area (Å²) in [5.74, 6) is 0. The van der Waals surface area contributed by atoms with E-state index in [0.717, 1.165) is 39.1 Å². The summed E-state index contributed by atoms with van der Waals surface area (Å²) in [6.07, 6.45) is 1.11. The number of nitrogens with two attached hydrogens (primary N) is 1. The Kier molecular flexibility index (Phi) is 4.61. The van der Waals surface area contributed by atoms with Gasteiger partial charge in [0, 0.05) is 31.4 Å². The molecule has 0 amide bonds.